The number of nitrogens with zero attached hydrogens (tertiary/aromatic N) is 1. The highest BCUT2D eigenvalue weighted by molar-refractivity contribution is 5.67. The molecule has 1 N–H and O–H groups in total. The molecule has 1 heterocycles. The topological polar surface area (TPSA) is 47.3 Å². The van der Waals surface area contributed by atoms with E-state index in [0.29, 0.717) is 11.9 Å². The number of aryl methyl sites for hydroxylation is 1. The fourth-order valence-corrected chi connectivity index (χ4v) is 2.11. The van der Waals surface area contributed by atoms with Crippen LogP contribution in [0.2, 0.25) is 0 Å². The molecule has 2 rings (SSSR count). The van der Waals surface area contributed by atoms with E-state index in [2.05, 4.69) is 43.2 Å². The lowest BCUT2D eigenvalue weighted by Crippen LogP contribution is -1.97. The molecule has 0 aliphatic heterocycles. The van der Waals surface area contributed by atoms with Gasteiger partial charge in [-0.1, -0.05) is 13.8 Å². The van der Waals surface area contributed by atoms with Gasteiger partial charge in [-0.05, 0) is 36.1 Å². The molecule has 0 aliphatic rings. The summed E-state index contributed by atoms with van der Waals surface area (Å²) in [5.41, 5.74) is 4.22. The van der Waals surface area contributed by atoms with Gasteiger partial charge in [-0.3, -0.25) is 0 Å². The quantitative estimate of drug-likeness (QED) is 0.907. The SMILES string of the molecule is CNc1nc(-c2cc(C(C)C)c(OC)cc2C)co1. The van der Waals surface area contributed by atoms with Crippen molar-refractivity contribution in [2.24, 2.45) is 0 Å². The van der Waals surface area contributed by atoms with E-state index in [4.69, 9.17) is 9.15 Å². The molecule has 0 radical (unpaired) electrons. The van der Waals surface area contributed by atoms with Crippen molar-refractivity contribution in [2.75, 3.05) is 19.5 Å². The fraction of sp³-hybridized carbons (Fsp3) is 0.400. The maximum Gasteiger partial charge on any atom is 0.294 e. The summed E-state index contributed by atoms with van der Waals surface area (Å²) in [6, 6.07) is 4.71. The van der Waals surface area contributed by atoms with Gasteiger partial charge in [0.15, 0.2) is 0 Å². The van der Waals surface area contributed by atoms with E-state index in [1.165, 1.54) is 5.56 Å². The predicted octanol–water partition coefficient (Wildman–Crippen LogP) is 3.82. The van der Waals surface area contributed by atoms with Crippen molar-refractivity contribution >= 4 is 6.01 Å². The van der Waals surface area contributed by atoms with Crippen LogP contribution in [-0.2, 0) is 0 Å². The Kier molecular flexibility index (Phi) is 3.79. The van der Waals surface area contributed by atoms with Crippen molar-refractivity contribution in [3.63, 3.8) is 0 Å². The van der Waals surface area contributed by atoms with E-state index in [1.54, 1.807) is 20.4 Å². The lowest BCUT2D eigenvalue weighted by molar-refractivity contribution is 0.407. The molecule has 102 valence electrons. The normalized spacial score (nSPS) is 10.8. The Morgan fingerprint density at radius 1 is 1.32 bits per heavy atom. The molecule has 2 aromatic rings. The van der Waals surface area contributed by atoms with Crippen LogP contribution in [0.15, 0.2) is 22.8 Å². The summed E-state index contributed by atoms with van der Waals surface area (Å²) < 4.78 is 10.8. The Labute approximate surface area is 113 Å². The van der Waals surface area contributed by atoms with Crippen molar-refractivity contribution in [1.82, 2.24) is 4.98 Å². The molecule has 0 saturated carbocycles. The standard InChI is InChI=1S/C15H20N2O2/c1-9(2)11-7-12(10(3)6-14(11)18-5)13-8-19-15(16-4)17-13/h6-9H,1-5H3,(H,16,17). The van der Waals surface area contributed by atoms with Crippen molar-refractivity contribution in [3.05, 3.63) is 29.5 Å². The average Bonchev–Trinajstić information content (AvgIpc) is 2.86. The number of methoxy groups -OCH3 is 1. The predicted molar refractivity (Wildman–Crippen MR) is 76.9 cm³/mol. The number of nitrogens with one attached hydrogen (secondary N) is 1. The number of rotatable bonds is 4. The lowest BCUT2D eigenvalue weighted by atomic mass is 9.95. The minimum Gasteiger partial charge on any atom is -0.496 e. The fourth-order valence-electron chi connectivity index (χ4n) is 2.11. The molecule has 0 bridgehead atoms. The molecule has 4 nitrogen and oxygen atoms in total. The first-order valence-corrected chi connectivity index (χ1v) is 6.39. The average molecular weight is 260 g/mol. The third kappa shape index (κ3) is 2.57. The first kappa shape index (κ1) is 13.5. The molecular weight excluding hydrogens is 240 g/mol. The van der Waals surface area contributed by atoms with E-state index in [-0.39, 0.29) is 0 Å². The molecule has 19 heavy (non-hydrogen) atoms. The van der Waals surface area contributed by atoms with Gasteiger partial charge in [0.2, 0.25) is 0 Å². The first-order valence-electron chi connectivity index (χ1n) is 6.39. The highest BCUT2D eigenvalue weighted by Gasteiger charge is 2.14. The largest absolute Gasteiger partial charge is 0.496 e. The molecule has 0 atom stereocenters. The molecule has 0 aliphatic carbocycles. The summed E-state index contributed by atoms with van der Waals surface area (Å²) in [6.07, 6.45) is 1.67. The molecule has 0 spiro atoms. The van der Waals surface area contributed by atoms with Crippen LogP contribution >= 0.6 is 0 Å². The minimum absolute atomic E-state index is 0.393. The van der Waals surface area contributed by atoms with Crippen molar-refractivity contribution in [3.8, 4) is 17.0 Å². The molecular formula is C15H20N2O2. The molecule has 0 unspecified atom stereocenters. The van der Waals surface area contributed by atoms with Crippen LogP contribution in [0.1, 0.15) is 30.9 Å². The van der Waals surface area contributed by atoms with Crippen molar-refractivity contribution in [1.29, 1.82) is 0 Å². The number of hydrogen-bond acceptors (Lipinski definition) is 4. The number of oxazole rings is 1. The van der Waals surface area contributed by atoms with E-state index in [1.807, 2.05) is 0 Å². The van der Waals surface area contributed by atoms with Crippen LogP contribution in [0.25, 0.3) is 11.3 Å². The third-order valence-corrected chi connectivity index (χ3v) is 3.19. The minimum atomic E-state index is 0.393. The van der Waals surface area contributed by atoms with Gasteiger partial charge in [-0.25, -0.2) is 0 Å². The summed E-state index contributed by atoms with van der Waals surface area (Å²) in [5, 5.41) is 2.89. The van der Waals surface area contributed by atoms with Crippen LogP contribution in [0.4, 0.5) is 6.01 Å². The zero-order chi connectivity index (χ0) is 14.0. The summed E-state index contributed by atoms with van der Waals surface area (Å²) in [5.74, 6) is 1.32. The first-order chi connectivity index (χ1) is 9.06. The van der Waals surface area contributed by atoms with Gasteiger partial charge in [0.1, 0.15) is 17.7 Å². The van der Waals surface area contributed by atoms with Gasteiger partial charge in [0, 0.05) is 12.6 Å². The highest BCUT2D eigenvalue weighted by Crippen LogP contribution is 2.34. The number of aromatic nitrogens is 1. The summed E-state index contributed by atoms with van der Waals surface area (Å²) in [4.78, 5) is 4.40. The number of ether oxygens (including phenoxy) is 1. The van der Waals surface area contributed by atoms with Crippen molar-refractivity contribution in [2.45, 2.75) is 26.7 Å². The Morgan fingerprint density at radius 3 is 2.58 bits per heavy atom. The monoisotopic (exact) mass is 260 g/mol. The number of benzene rings is 1. The van der Waals surface area contributed by atoms with Crippen LogP contribution in [0.3, 0.4) is 0 Å². The third-order valence-electron chi connectivity index (χ3n) is 3.19. The molecule has 4 heteroatoms. The van der Waals surface area contributed by atoms with Gasteiger partial charge in [0.05, 0.1) is 7.11 Å². The van der Waals surface area contributed by atoms with Gasteiger partial charge >= 0.3 is 0 Å². The zero-order valence-corrected chi connectivity index (χ0v) is 12.1. The second kappa shape index (κ2) is 5.34. The van der Waals surface area contributed by atoms with E-state index >= 15 is 0 Å². The number of anilines is 1. The van der Waals surface area contributed by atoms with Crippen LogP contribution in [0, 0.1) is 6.92 Å². The van der Waals surface area contributed by atoms with Gasteiger partial charge in [-0.15, -0.1) is 0 Å². The van der Waals surface area contributed by atoms with Crippen LogP contribution in [-0.4, -0.2) is 19.1 Å². The number of hydrogen-bond donors (Lipinski definition) is 1. The summed E-state index contributed by atoms with van der Waals surface area (Å²) in [7, 11) is 3.49. The Bertz CT molecular complexity index is 574. The van der Waals surface area contributed by atoms with Gasteiger partial charge in [0.25, 0.3) is 6.01 Å². The molecule has 0 amide bonds. The Hall–Kier alpha value is -1.97. The van der Waals surface area contributed by atoms with Crippen LogP contribution in [0.5, 0.6) is 5.75 Å². The van der Waals surface area contributed by atoms with Crippen molar-refractivity contribution < 1.29 is 9.15 Å². The molecule has 1 aromatic heterocycles. The van der Waals surface area contributed by atoms with Gasteiger partial charge < -0.3 is 14.5 Å². The van der Waals surface area contributed by atoms with E-state index in [9.17, 15) is 0 Å². The van der Waals surface area contributed by atoms with Gasteiger partial charge in [-0.2, -0.15) is 4.98 Å². The maximum atomic E-state index is 5.45. The Morgan fingerprint density at radius 2 is 2.05 bits per heavy atom. The lowest BCUT2D eigenvalue weighted by Gasteiger charge is -2.15. The van der Waals surface area contributed by atoms with E-state index in [0.717, 1.165) is 22.6 Å². The Balaban J connectivity index is 2.54. The molecule has 0 fully saturated rings. The summed E-state index contributed by atoms with van der Waals surface area (Å²) >= 11 is 0. The smallest absolute Gasteiger partial charge is 0.294 e. The second-order valence-electron chi connectivity index (χ2n) is 4.85. The highest BCUT2D eigenvalue weighted by atomic mass is 16.5. The summed E-state index contributed by atoms with van der Waals surface area (Å²) in [6.45, 7) is 6.35. The second-order valence-corrected chi connectivity index (χ2v) is 4.85. The van der Waals surface area contributed by atoms with E-state index < -0.39 is 0 Å². The molecule has 1 aromatic carbocycles. The zero-order valence-electron chi connectivity index (χ0n) is 12.1. The maximum absolute atomic E-state index is 5.45. The molecule has 0 saturated heterocycles. The van der Waals surface area contributed by atoms with Crippen LogP contribution < -0.4 is 10.1 Å².